The maximum atomic E-state index is 12.5. The van der Waals surface area contributed by atoms with Gasteiger partial charge in [0.1, 0.15) is 5.60 Å². The van der Waals surface area contributed by atoms with Crippen LogP contribution < -0.4 is 10.1 Å². The van der Waals surface area contributed by atoms with Gasteiger partial charge in [0, 0.05) is 13.2 Å². The second kappa shape index (κ2) is 7.41. The first kappa shape index (κ1) is 15.8. The number of hydrogen-bond donors (Lipinski definition) is 1. The Kier molecular flexibility index (Phi) is 5.56. The third-order valence-corrected chi connectivity index (χ3v) is 3.91. The van der Waals surface area contributed by atoms with E-state index in [1.54, 1.807) is 19.4 Å². The summed E-state index contributed by atoms with van der Waals surface area (Å²) in [6.45, 7) is 2.69. The van der Waals surface area contributed by atoms with Gasteiger partial charge in [-0.3, -0.25) is 4.79 Å². The van der Waals surface area contributed by atoms with E-state index in [4.69, 9.17) is 9.47 Å². The molecule has 0 aliphatic heterocycles. The van der Waals surface area contributed by atoms with E-state index < -0.39 is 5.60 Å². The van der Waals surface area contributed by atoms with Gasteiger partial charge in [-0.15, -0.1) is 0 Å². The summed E-state index contributed by atoms with van der Waals surface area (Å²) in [5.74, 6) is 0.502. The van der Waals surface area contributed by atoms with Crippen molar-refractivity contribution in [1.82, 2.24) is 4.98 Å². The summed E-state index contributed by atoms with van der Waals surface area (Å²) in [6.07, 6.45) is 7.35. The van der Waals surface area contributed by atoms with Crippen molar-refractivity contribution >= 4 is 11.6 Å². The lowest BCUT2D eigenvalue weighted by Crippen LogP contribution is -2.46. The molecule has 5 nitrogen and oxygen atoms in total. The normalized spacial score (nSPS) is 17.2. The Hall–Kier alpha value is -1.62. The number of amides is 1. The molecule has 2 rings (SSSR count). The van der Waals surface area contributed by atoms with E-state index in [1.165, 1.54) is 6.42 Å². The monoisotopic (exact) mass is 292 g/mol. The highest BCUT2D eigenvalue weighted by atomic mass is 16.5. The van der Waals surface area contributed by atoms with Crippen LogP contribution in [0.4, 0.5) is 5.69 Å². The number of nitrogens with zero attached hydrogens (tertiary/aromatic N) is 1. The molecular formula is C16H24N2O3. The molecule has 1 aliphatic carbocycles. The molecule has 1 heterocycles. The van der Waals surface area contributed by atoms with Gasteiger partial charge < -0.3 is 14.8 Å². The molecule has 0 atom stereocenters. The number of ether oxygens (including phenoxy) is 2. The Bertz CT molecular complexity index is 453. The molecule has 1 saturated carbocycles. The Morgan fingerprint density at radius 2 is 2.10 bits per heavy atom. The Balaban J connectivity index is 1.98. The van der Waals surface area contributed by atoms with Gasteiger partial charge in [0.15, 0.2) is 0 Å². The molecule has 0 aromatic carbocycles. The van der Waals surface area contributed by atoms with Crippen molar-refractivity contribution in [3.05, 3.63) is 18.3 Å². The standard InChI is InChI=1S/C16H24N2O3/c1-3-11-21-14-8-7-13(12-17-14)18-15(19)16(20-2)9-5-4-6-10-16/h7-8,12H,3-6,9-11H2,1-2H3,(H,18,19). The van der Waals surface area contributed by atoms with Crippen LogP contribution in [-0.2, 0) is 9.53 Å². The van der Waals surface area contributed by atoms with Gasteiger partial charge >= 0.3 is 0 Å². The molecule has 116 valence electrons. The lowest BCUT2D eigenvalue weighted by atomic mass is 9.84. The zero-order valence-electron chi connectivity index (χ0n) is 12.9. The number of nitrogens with one attached hydrogen (secondary N) is 1. The fraction of sp³-hybridized carbons (Fsp3) is 0.625. The second-order valence-corrected chi connectivity index (χ2v) is 5.45. The van der Waals surface area contributed by atoms with Crippen molar-refractivity contribution in [2.75, 3.05) is 19.0 Å². The van der Waals surface area contributed by atoms with Gasteiger partial charge in [-0.2, -0.15) is 0 Å². The maximum Gasteiger partial charge on any atom is 0.256 e. The number of anilines is 1. The van der Waals surface area contributed by atoms with Crippen LogP contribution in [0, 0.1) is 0 Å². The third-order valence-electron chi connectivity index (χ3n) is 3.91. The highest BCUT2D eigenvalue weighted by molar-refractivity contribution is 5.97. The quantitative estimate of drug-likeness (QED) is 0.875. The number of aromatic nitrogens is 1. The first-order chi connectivity index (χ1) is 10.2. The van der Waals surface area contributed by atoms with Crippen LogP contribution in [0.25, 0.3) is 0 Å². The summed E-state index contributed by atoms with van der Waals surface area (Å²) in [4.78, 5) is 16.7. The van der Waals surface area contributed by atoms with Crippen molar-refractivity contribution < 1.29 is 14.3 Å². The highest BCUT2D eigenvalue weighted by Gasteiger charge is 2.39. The predicted molar refractivity (Wildman–Crippen MR) is 81.5 cm³/mol. The number of hydrogen-bond acceptors (Lipinski definition) is 4. The van der Waals surface area contributed by atoms with Crippen LogP contribution in [0.2, 0.25) is 0 Å². The third kappa shape index (κ3) is 3.94. The second-order valence-electron chi connectivity index (χ2n) is 5.45. The summed E-state index contributed by atoms with van der Waals surface area (Å²) in [5, 5.41) is 2.90. The summed E-state index contributed by atoms with van der Waals surface area (Å²) >= 11 is 0. The largest absolute Gasteiger partial charge is 0.478 e. The van der Waals surface area contributed by atoms with E-state index in [0.717, 1.165) is 32.1 Å². The Morgan fingerprint density at radius 3 is 2.67 bits per heavy atom. The van der Waals surface area contributed by atoms with E-state index in [1.807, 2.05) is 13.0 Å². The van der Waals surface area contributed by atoms with E-state index in [0.29, 0.717) is 18.2 Å². The first-order valence-corrected chi connectivity index (χ1v) is 7.65. The molecule has 1 aromatic rings. The number of pyridine rings is 1. The van der Waals surface area contributed by atoms with Crippen LogP contribution in [-0.4, -0.2) is 30.2 Å². The minimum atomic E-state index is -0.685. The molecule has 5 heteroatoms. The number of methoxy groups -OCH3 is 1. The van der Waals surface area contributed by atoms with Crippen LogP contribution in [0.5, 0.6) is 5.88 Å². The van der Waals surface area contributed by atoms with Crippen LogP contribution >= 0.6 is 0 Å². The summed E-state index contributed by atoms with van der Waals surface area (Å²) in [6, 6.07) is 3.58. The minimum absolute atomic E-state index is 0.0753. The van der Waals surface area contributed by atoms with E-state index >= 15 is 0 Å². The summed E-state index contributed by atoms with van der Waals surface area (Å²) < 4.78 is 11.0. The minimum Gasteiger partial charge on any atom is -0.478 e. The molecule has 21 heavy (non-hydrogen) atoms. The van der Waals surface area contributed by atoms with Gasteiger partial charge in [-0.25, -0.2) is 4.98 Å². The maximum absolute atomic E-state index is 12.5. The first-order valence-electron chi connectivity index (χ1n) is 7.65. The molecule has 1 N–H and O–H groups in total. The van der Waals surface area contributed by atoms with Crippen LogP contribution in [0.3, 0.4) is 0 Å². The SMILES string of the molecule is CCCOc1ccc(NC(=O)C2(OC)CCCCC2)cn1. The zero-order chi connectivity index (χ0) is 15.1. The van der Waals surface area contributed by atoms with E-state index in [9.17, 15) is 4.79 Å². The Labute approximate surface area is 126 Å². The number of rotatable bonds is 6. The van der Waals surface area contributed by atoms with Gasteiger partial charge in [0.05, 0.1) is 18.5 Å². The fourth-order valence-electron chi connectivity index (χ4n) is 2.64. The van der Waals surface area contributed by atoms with Gasteiger partial charge in [0.25, 0.3) is 5.91 Å². The van der Waals surface area contributed by atoms with Crippen molar-refractivity contribution in [2.24, 2.45) is 0 Å². The van der Waals surface area contributed by atoms with Crippen LogP contribution in [0.1, 0.15) is 45.4 Å². The molecule has 1 aliphatic rings. The molecular weight excluding hydrogens is 268 g/mol. The molecule has 0 bridgehead atoms. The fourth-order valence-corrected chi connectivity index (χ4v) is 2.64. The van der Waals surface area contributed by atoms with E-state index in [-0.39, 0.29) is 5.91 Å². The highest BCUT2D eigenvalue weighted by Crippen LogP contribution is 2.32. The van der Waals surface area contributed by atoms with Crippen LogP contribution in [0.15, 0.2) is 18.3 Å². The van der Waals surface area contributed by atoms with Gasteiger partial charge in [0.2, 0.25) is 5.88 Å². The Morgan fingerprint density at radius 1 is 1.33 bits per heavy atom. The number of carbonyl (C=O) groups excluding carboxylic acids is 1. The molecule has 0 spiro atoms. The van der Waals surface area contributed by atoms with Crippen molar-refractivity contribution in [2.45, 2.75) is 51.0 Å². The smallest absolute Gasteiger partial charge is 0.256 e. The molecule has 0 radical (unpaired) electrons. The lowest BCUT2D eigenvalue weighted by molar-refractivity contribution is -0.141. The molecule has 1 aromatic heterocycles. The average molecular weight is 292 g/mol. The lowest BCUT2D eigenvalue weighted by Gasteiger charge is -2.34. The molecule has 0 unspecified atom stereocenters. The van der Waals surface area contributed by atoms with Gasteiger partial charge in [-0.05, 0) is 25.3 Å². The van der Waals surface area contributed by atoms with Crippen molar-refractivity contribution in [1.29, 1.82) is 0 Å². The van der Waals surface area contributed by atoms with E-state index in [2.05, 4.69) is 10.3 Å². The predicted octanol–water partition coefficient (Wildman–Crippen LogP) is 3.16. The molecule has 0 saturated heterocycles. The number of carbonyl (C=O) groups is 1. The molecule has 1 fully saturated rings. The zero-order valence-corrected chi connectivity index (χ0v) is 12.9. The average Bonchev–Trinajstić information content (AvgIpc) is 2.54. The molecule has 1 amide bonds. The summed E-state index contributed by atoms with van der Waals surface area (Å²) in [5.41, 5.74) is -0.0128. The van der Waals surface area contributed by atoms with Gasteiger partial charge in [-0.1, -0.05) is 26.2 Å². The topological polar surface area (TPSA) is 60.5 Å². The van der Waals surface area contributed by atoms with Crippen molar-refractivity contribution in [3.8, 4) is 5.88 Å². The van der Waals surface area contributed by atoms with Crippen molar-refractivity contribution in [3.63, 3.8) is 0 Å². The summed E-state index contributed by atoms with van der Waals surface area (Å²) in [7, 11) is 1.62.